The van der Waals surface area contributed by atoms with E-state index in [1.54, 1.807) is 12.4 Å². The van der Waals surface area contributed by atoms with E-state index in [4.69, 9.17) is 0 Å². The Kier molecular flexibility index (Phi) is 5.60. The normalized spacial score (nSPS) is 16.2. The van der Waals surface area contributed by atoms with Gasteiger partial charge in [-0.1, -0.05) is 30.3 Å². The van der Waals surface area contributed by atoms with E-state index >= 15 is 0 Å². The Morgan fingerprint density at radius 2 is 1.57 bits per heavy atom. The molecule has 7 heteroatoms. The number of aromatic nitrogens is 3. The Bertz CT molecular complexity index is 1100. The minimum absolute atomic E-state index is 0.100. The molecule has 150 valence electrons. The molecule has 30 heavy (non-hydrogen) atoms. The lowest BCUT2D eigenvalue weighted by Crippen LogP contribution is -2.48. The second kappa shape index (κ2) is 8.83. The molecule has 1 aromatic carbocycles. The Morgan fingerprint density at radius 3 is 2.30 bits per heavy atom. The first-order valence-corrected chi connectivity index (χ1v) is 12.2. The number of hydrogen-bond donors (Lipinski definition) is 0. The van der Waals surface area contributed by atoms with Crippen LogP contribution in [0, 0.1) is 0 Å². The summed E-state index contributed by atoms with van der Waals surface area (Å²) in [4.78, 5) is 13.5. The van der Waals surface area contributed by atoms with E-state index in [0.29, 0.717) is 0 Å². The molecule has 0 N–H and O–H groups in total. The van der Waals surface area contributed by atoms with Crippen LogP contribution in [-0.4, -0.2) is 54.1 Å². The van der Waals surface area contributed by atoms with Crippen molar-refractivity contribution in [1.29, 1.82) is 0 Å². The van der Waals surface area contributed by atoms with Gasteiger partial charge in [0.15, 0.2) is 9.66 Å². The molecular formula is C23H21IN6. The Labute approximate surface area is 185 Å². The molecule has 0 unspecified atom stereocenters. The third-order valence-electron chi connectivity index (χ3n) is 5.18. The van der Waals surface area contributed by atoms with Crippen LogP contribution in [0.25, 0.3) is 22.4 Å². The highest BCUT2D eigenvalue weighted by molar-refractivity contribution is 14.2. The fourth-order valence-corrected chi connectivity index (χ4v) is 5.54. The van der Waals surface area contributed by atoms with E-state index in [2.05, 4.69) is 70.4 Å². The lowest BCUT2D eigenvalue weighted by molar-refractivity contribution is 0.392. The molecule has 0 radical (unpaired) electrons. The number of halogens is 1. The summed E-state index contributed by atoms with van der Waals surface area (Å²) in [5, 5.41) is 9.24. The highest BCUT2D eigenvalue weighted by atomic mass is 127. The van der Waals surface area contributed by atoms with Gasteiger partial charge in [0.1, 0.15) is 5.69 Å². The number of pyridine rings is 1. The number of aliphatic imine (C=N–C) groups is 1. The zero-order chi connectivity index (χ0) is 20.2. The number of nitrogens with zero attached hydrogens (tertiary/aromatic N) is 6. The van der Waals surface area contributed by atoms with Gasteiger partial charge >= 0.3 is 0 Å². The van der Waals surface area contributed by atoms with Gasteiger partial charge in [-0.15, -0.1) is 10.2 Å². The van der Waals surface area contributed by atoms with Crippen LogP contribution in [0.3, 0.4) is 0 Å². The van der Waals surface area contributed by atoms with Crippen molar-refractivity contribution >= 4 is 34.4 Å². The molecule has 2 aromatic heterocycles. The van der Waals surface area contributed by atoms with Gasteiger partial charge < -0.3 is 9.80 Å². The van der Waals surface area contributed by atoms with E-state index in [9.17, 15) is 0 Å². The minimum atomic E-state index is -0.100. The molecule has 6 nitrogen and oxygen atoms in total. The van der Waals surface area contributed by atoms with Gasteiger partial charge in [-0.05, 0) is 54.6 Å². The minimum Gasteiger partial charge on any atom is -0.352 e. The van der Waals surface area contributed by atoms with Crippen molar-refractivity contribution in [2.75, 3.05) is 31.1 Å². The van der Waals surface area contributed by atoms with Crippen LogP contribution in [0.2, 0.25) is 0 Å². The van der Waals surface area contributed by atoms with Crippen molar-refractivity contribution in [3.8, 4) is 22.4 Å². The van der Waals surface area contributed by atoms with Gasteiger partial charge in [0.2, 0.25) is 0 Å². The fraction of sp³-hybridized carbons (Fsp3) is 0.174. The number of anilines is 1. The number of rotatable bonds is 3. The van der Waals surface area contributed by atoms with Crippen LogP contribution < -0.4 is 4.90 Å². The average molecular weight is 508 g/mol. The largest absolute Gasteiger partial charge is 0.352 e. The number of allylic oxidation sites excluding steroid dienone is 1. The maximum atomic E-state index is 4.64. The molecule has 0 spiro atoms. The van der Waals surface area contributed by atoms with E-state index in [1.807, 2.05) is 24.4 Å². The van der Waals surface area contributed by atoms with Crippen LogP contribution in [0.5, 0.6) is 0 Å². The van der Waals surface area contributed by atoms with E-state index in [1.165, 1.54) is 3.84 Å². The summed E-state index contributed by atoms with van der Waals surface area (Å²) in [6.07, 6.45) is 7.54. The van der Waals surface area contributed by atoms with Crippen LogP contribution in [0.15, 0.2) is 78.2 Å². The van der Waals surface area contributed by atoms with Gasteiger partial charge in [-0.2, -0.15) is 0 Å². The molecule has 0 saturated carbocycles. The highest BCUT2D eigenvalue weighted by Crippen LogP contribution is 2.32. The van der Waals surface area contributed by atoms with Crippen LogP contribution in [0.4, 0.5) is 5.82 Å². The fourth-order valence-electron chi connectivity index (χ4n) is 3.63. The molecule has 2 aliphatic heterocycles. The predicted molar refractivity (Wildman–Crippen MR) is 131 cm³/mol. The standard InChI is InChI=1S/C23H21IN6/c1-2-5-18(6-3-1)20-17-21(27-28-22(20)19-7-11-25-12-8-19)29-13-15-30(16-14-29)23-24-9-4-10-26-23/h1-12,17H,13-16H2. The quantitative estimate of drug-likeness (QED) is 0.396. The highest BCUT2D eigenvalue weighted by Gasteiger charge is 2.22. The summed E-state index contributed by atoms with van der Waals surface area (Å²) >= 11 is -0.100. The van der Waals surface area contributed by atoms with Crippen LogP contribution >= 0.6 is 20.7 Å². The maximum Gasteiger partial charge on any atom is 0.161 e. The number of amidine groups is 1. The Balaban J connectivity index is 1.43. The Hall–Kier alpha value is -2.94. The summed E-state index contributed by atoms with van der Waals surface area (Å²) in [6.45, 7) is 3.78. The second-order valence-electron chi connectivity index (χ2n) is 7.02. The topological polar surface area (TPSA) is 57.5 Å². The molecule has 4 heterocycles. The molecule has 0 aliphatic carbocycles. The van der Waals surface area contributed by atoms with Gasteiger partial charge in [-0.25, -0.2) is 4.99 Å². The summed E-state index contributed by atoms with van der Waals surface area (Å²) in [5.41, 5.74) is 4.14. The molecule has 1 fully saturated rings. The first-order chi connectivity index (χ1) is 14.9. The van der Waals surface area contributed by atoms with Crippen molar-refractivity contribution in [1.82, 2.24) is 20.1 Å². The summed E-state index contributed by atoms with van der Waals surface area (Å²) < 4.78 is 3.53. The molecule has 0 amide bonds. The molecular weight excluding hydrogens is 487 g/mol. The molecule has 3 aromatic rings. The maximum absolute atomic E-state index is 4.64. The molecule has 0 atom stereocenters. The third-order valence-corrected chi connectivity index (χ3v) is 7.48. The molecule has 1 saturated heterocycles. The Morgan fingerprint density at radius 1 is 0.800 bits per heavy atom. The first-order valence-electron chi connectivity index (χ1n) is 9.91. The van der Waals surface area contributed by atoms with Gasteiger partial charge in [0.05, 0.1) is 0 Å². The van der Waals surface area contributed by atoms with E-state index < -0.39 is 0 Å². The molecule has 2 aliphatic rings. The van der Waals surface area contributed by atoms with E-state index in [0.717, 1.165) is 54.4 Å². The van der Waals surface area contributed by atoms with Crippen molar-refractivity contribution in [2.24, 2.45) is 4.99 Å². The number of benzene rings is 1. The smallest absolute Gasteiger partial charge is 0.161 e. The summed E-state index contributed by atoms with van der Waals surface area (Å²) in [5.74, 6) is 0.929. The van der Waals surface area contributed by atoms with Gasteiger partial charge in [-0.3, -0.25) is 4.98 Å². The average Bonchev–Trinajstić information content (AvgIpc) is 2.85. The zero-order valence-electron chi connectivity index (χ0n) is 16.4. The lowest BCUT2D eigenvalue weighted by atomic mass is 10.0. The van der Waals surface area contributed by atoms with Gasteiger partial charge in [0, 0.05) is 55.9 Å². The lowest BCUT2D eigenvalue weighted by Gasteiger charge is -2.36. The van der Waals surface area contributed by atoms with Crippen molar-refractivity contribution in [2.45, 2.75) is 0 Å². The predicted octanol–water partition coefficient (Wildman–Crippen LogP) is 3.98. The molecule has 0 bridgehead atoms. The third kappa shape index (κ3) is 4.02. The van der Waals surface area contributed by atoms with Crippen LogP contribution in [0.1, 0.15) is 0 Å². The molecule has 5 rings (SSSR count). The summed E-state index contributed by atoms with van der Waals surface area (Å²) in [6, 6.07) is 16.5. The van der Waals surface area contributed by atoms with Crippen LogP contribution in [-0.2, 0) is 0 Å². The SMILES string of the molecule is C1=CN=C(N2CCN(c3cc(-c4ccccc4)c(-c4ccncc4)nn3)CC2)I=C1. The first kappa shape index (κ1) is 19.0. The van der Waals surface area contributed by atoms with Crippen molar-refractivity contribution in [3.05, 3.63) is 73.2 Å². The monoisotopic (exact) mass is 508 g/mol. The van der Waals surface area contributed by atoms with Gasteiger partial charge in [0.25, 0.3) is 0 Å². The second-order valence-corrected chi connectivity index (χ2v) is 9.32. The van der Waals surface area contributed by atoms with Crippen molar-refractivity contribution < 1.29 is 0 Å². The number of hydrogen-bond acceptors (Lipinski definition) is 6. The number of piperazine rings is 1. The van der Waals surface area contributed by atoms with Crippen molar-refractivity contribution in [3.63, 3.8) is 0 Å². The van der Waals surface area contributed by atoms with E-state index in [-0.39, 0.29) is 20.7 Å². The summed E-state index contributed by atoms with van der Waals surface area (Å²) in [7, 11) is 0. The zero-order valence-corrected chi connectivity index (χ0v) is 18.6.